The lowest BCUT2D eigenvalue weighted by atomic mass is 10.2. The zero-order valence-electron chi connectivity index (χ0n) is 15.0. The Morgan fingerprint density at radius 3 is 2.23 bits per heavy atom. The maximum atomic E-state index is 13.4. The number of rotatable bonds is 10. The van der Waals surface area contributed by atoms with E-state index in [2.05, 4.69) is 17.4 Å². The van der Waals surface area contributed by atoms with E-state index >= 15 is 0 Å². The van der Waals surface area contributed by atoms with Gasteiger partial charge in [-0.05, 0) is 19.4 Å². The number of carbonyl (C=O) groups is 1. The molecule has 0 unspecified atom stereocenters. The van der Waals surface area contributed by atoms with E-state index in [-0.39, 0.29) is 36.8 Å². The Morgan fingerprint density at radius 2 is 1.81 bits per heavy atom. The predicted octanol–water partition coefficient (Wildman–Crippen LogP) is 3.55. The zero-order chi connectivity index (χ0) is 19.6. The average molecular weight is 398 g/mol. The highest BCUT2D eigenvalue weighted by molar-refractivity contribution is 7.80. The van der Waals surface area contributed by atoms with Crippen molar-refractivity contribution >= 4 is 26.3 Å². The lowest BCUT2D eigenvalue weighted by molar-refractivity contribution is -0.135. The summed E-state index contributed by atoms with van der Waals surface area (Å²) in [6, 6.07) is 11.0. The third-order valence-electron chi connectivity index (χ3n) is 3.31. The normalized spacial score (nSPS) is 12.1. The minimum atomic E-state index is -3.82. The van der Waals surface area contributed by atoms with Crippen LogP contribution in [0.5, 0.6) is 0 Å². The fraction of sp³-hybridized carbons (Fsp3) is 0.412. The molecule has 0 aromatic heterocycles. The van der Waals surface area contributed by atoms with Gasteiger partial charge in [0.1, 0.15) is 6.07 Å². The topological polar surface area (TPSA) is 88.9 Å². The van der Waals surface area contributed by atoms with Crippen LogP contribution in [0.15, 0.2) is 41.6 Å². The van der Waals surface area contributed by atoms with Crippen LogP contribution in [0.25, 0.3) is 0 Å². The van der Waals surface area contributed by atoms with Crippen molar-refractivity contribution < 1.29 is 23.1 Å². The second-order valence-corrected chi connectivity index (χ2v) is 7.18. The second-order valence-electron chi connectivity index (χ2n) is 4.93. The number of ether oxygens (including phenoxy) is 1. The Balaban J connectivity index is 3.55. The van der Waals surface area contributed by atoms with Crippen LogP contribution < -0.4 is 0 Å². The molecule has 1 aromatic rings. The van der Waals surface area contributed by atoms with Crippen molar-refractivity contribution in [3.05, 3.63) is 47.2 Å². The van der Waals surface area contributed by atoms with Gasteiger partial charge >= 0.3 is 13.7 Å². The summed E-state index contributed by atoms with van der Waals surface area (Å²) in [5.41, 5.74) is 0.628. The van der Waals surface area contributed by atoms with Crippen LogP contribution in [0.4, 0.5) is 0 Å². The van der Waals surface area contributed by atoms with E-state index in [0.29, 0.717) is 0 Å². The molecule has 0 atom stereocenters. The van der Waals surface area contributed by atoms with Gasteiger partial charge in [0.2, 0.25) is 0 Å². The van der Waals surface area contributed by atoms with Crippen molar-refractivity contribution in [2.24, 2.45) is 0 Å². The maximum Gasteiger partial charge on any atom is 0.435 e. The maximum absolute atomic E-state index is 13.4. The Labute approximate surface area is 159 Å². The fourth-order valence-electron chi connectivity index (χ4n) is 2.21. The number of hydrogen-bond donors (Lipinski definition) is 1. The number of thiol groups is 1. The van der Waals surface area contributed by atoms with E-state index in [4.69, 9.17) is 9.05 Å². The van der Waals surface area contributed by atoms with Gasteiger partial charge in [-0.25, -0.2) is 9.36 Å². The molecule has 1 aromatic carbocycles. The first-order valence-electron chi connectivity index (χ1n) is 8.00. The SMILES string of the molecule is CCOP(=O)(OCC)N(Cc1ccccc1)/C(CS)=C(\C#N)C(=O)OC. The Hall–Kier alpha value is -1.78. The van der Waals surface area contributed by atoms with Crippen molar-refractivity contribution in [1.82, 2.24) is 4.67 Å². The van der Waals surface area contributed by atoms with Gasteiger partial charge < -0.3 is 4.74 Å². The van der Waals surface area contributed by atoms with Crippen molar-refractivity contribution in [2.45, 2.75) is 20.4 Å². The summed E-state index contributed by atoms with van der Waals surface area (Å²) in [6.45, 7) is 3.73. The van der Waals surface area contributed by atoms with Crippen LogP contribution in [0.2, 0.25) is 0 Å². The highest BCUT2D eigenvalue weighted by Crippen LogP contribution is 2.55. The molecule has 0 saturated carbocycles. The number of esters is 1. The summed E-state index contributed by atoms with van der Waals surface area (Å²) >= 11 is 4.23. The van der Waals surface area contributed by atoms with E-state index in [1.165, 1.54) is 11.8 Å². The second kappa shape index (κ2) is 11.0. The van der Waals surface area contributed by atoms with Gasteiger partial charge in [-0.3, -0.25) is 13.7 Å². The molecule has 0 aliphatic carbocycles. The molecule has 1 rings (SSSR count). The monoisotopic (exact) mass is 398 g/mol. The minimum Gasteiger partial charge on any atom is -0.465 e. The van der Waals surface area contributed by atoms with Crippen molar-refractivity contribution in [3.63, 3.8) is 0 Å². The first kappa shape index (κ1) is 22.3. The van der Waals surface area contributed by atoms with Crippen molar-refractivity contribution in [3.8, 4) is 6.07 Å². The van der Waals surface area contributed by atoms with Gasteiger partial charge in [0.25, 0.3) is 0 Å². The molecule has 0 amide bonds. The van der Waals surface area contributed by atoms with Gasteiger partial charge in [0, 0.05) is 5.75 Å². The van der Waals surface area contributed by atoms with E-state index < -0.39 is 13.7 Å². The first-order chi connectivity index (χ1) is 12.5. The van der Waals surface area contributed by atoms with Crippen LogP contribution in [-0.4, -0.2) is 36.7 Å². The number of nitrogens with zero attached hydrogens (tertiary/aromatic N) is 2. The van der Waals surface area contributed by atoms with Gasteiger partial charge in [-0.1, -0.05) is 30.3 Å². The molecule has 0 fully saturated rings. The van der Waals surface area contributed by atoms with Crippen LogP contribution >= 0.6 is 20.4 Å². The Bertz CT molecular complexity index is 708. The van der Waals surface area contributed by atoms with Crippen molar-refractivity contribution in [1.29, 1.82) is 5.26 Å². The molecule has 9 heteroatoms. The summed E-state index contributed by atoms with van der Waals surface area (Å²) in [6.07, 6.45) is 0. The highest BCUT2D eigenvalue weighted by Gasteiger charge is 2.37. The van der Waals surface area contributed by atoms with Gasteiger partial charge in [0.15, 0.2) is 5.57 Å². The highest BCUT2D eigenvalue weighted by atomic mass is 32.1. The van der Waals surface area contributed by atoms with Crippen LogP contribution in [0.1, 0.15) is 19.4 Å². The summed E-state index contributed by atoms with van der Waals surface area (Å²) < 4.78 is 30.2. The summed E-state index contributed by atoms with van der Waals surface area (Å²) in [7, 11) is -2.65. The van der Waals surface area contributed by atoms with E-state index in [1.54, 1.807) is 13.8 Å². The van der Waals surface area contributed by atoms with Crippen LogP contribution in [-0.2, 0) is 29.7 Å². The third kappa shape index (κ3) is 5.61. The summed E-state index contributed by atoms with van der Waals surface area (Å²) in [4.78, 5) is 12.0. The molecular formula is C17H23N2O5PS. The molecular weight excluding hydrogens is 375 g/mol. The van der Waals surface area contributed by atoms with Crippen LogP contribution in [0, 0.1) is 11.3 Å². The molecule has 0 bridgehead atoms. The molecule has 26 heavy (non-hydrogen) atoms. The molecule has 142 valence electrons. The molecule has 0 heterocycles. The molecule has 0 N–H and O–H groups in total. The third-order valence-corrected chi connectivity index (χ3v) is 5.75. The van der Waals surface area contributed by atoms with Gasteiger partial charge in [0.05, 0.1) is 32.6 Å². The Kier molecular flexibility index (Phi) is 9.46. The molecule has 0 aliphatic heterocycles. The number of methoxy groups -OCH3 is 1. The number of carbonyl (C=O) groups excluding carboxylic acids is 1. The predicted molar refractivity (Wildman–Crippen MR) is 101 cm³/mol. The van der Waals surface area contributed by atoms with Crippen LogP contribution in [0.3, 0.4) is 0 Å². The summed E-state index contributed by atoms with van der Waals surface area (Å²) in [5.74, 6) is -0.872. The molecule has 0 saturated heterocycles. The zero-order valence-corrected chi connectivity index (χ0v) is 16.8. The largest absolute Gasteiger partial charge is 0.465 e. The molecule has 0 spiro atoms. The first-order valence-corrected chi connectivity index (χ1v) is 10.1. The van der Waals surface area contributed by atoms with E-state index in [9.17, 15) is 14.6 Å². The lowest BCUT2D eigenvalue weighted by Gasteiger charge is -2.33. The van der Waals surface area contributed by atoms with Gasteiger partial charge in [-0.2, -0.15) is 17.9 Å². The number of benzene rings is 1. The summed E-state index contributed by atoms with van der Waals surface area (Å²) in [5, 5.41) is 9.43. The minimum absolute atomic E-state index is 0.0328. The molecule has 0 radical (unpaired) electrons. The van der Waals surface area contributed by atoms with Crippen molar-refractivity contribution in [2.75, 3.05) is 26.1 Å². The van der Waals surface area contributed by atoms with Gasteiger partial charge in [-0.15, -0.1) is 0 Å². The molecule has 7 nitrogen and oxygen atoms in total. The quantitative estimate of drug-likeness (QED) is 0.212. The average Bonchev–Trinajstić information content (AvgIpc) is 2.65. The smallest absolute Gasteiger partial charge is 0.435 e. The lowest BCUT2D eigenvalue weighted by Crippen LogP contribution is -2.26. The Morgan fingerprint density at radius 1 is 1.23 bits per heavy atom. The van der Waals surface area contributed by atoms with E-state index in [1.807, 2.05) is 36.4 Å². The molecule has 0 aliphatic rings. The number of nitriles is 1. The standard InChI is InChI=1S/C17H23N2O5PS/c1-4-23-25(21,24-5-2)19(12-14-9-7-6-8-10-14)16(13-26)15(11-18)17(20)22-3/h6-10,26H,4-5,12-13H2,1-3H3/b16-15+. The number of hydrogen-bond acceptors (Lipinski definition) is 7. The van der Waals surface area contributed by atoms with E-state index in [0.717, 1.165) is 5.56 Å². The fourth-order valence-corrected chi connectivity index (χ4v) is 4.46.